The first-order valence-corrected chi connectivity index (χ1v) is 5.37. The van der Waals surface area contributed by atoms with Crippen molar-refractivity contribution in [1.29, 1.82) is 0 Å². The number of hydrogen-bond acceptors (Lipinski definition) is 4. The van der Waals surface area contributed by atoms with Crippen LogP contribution in [-0.2, 0) is 10.0 Å². The number of halogens is 3. The van der Waals surface area contributed by atoms with Crippen molar-refractivity contribution in [3.63, 3.8) is 0 Å². The SMILES string of the molecule is COc1cc(C(F)F)c(S(N)(=O)=O)c(F)n1. The van der Waals surface area contributed by atoms with E-state index < -0.39 is 38.7 Å². The zero-order valence-electron chi connectivity index (χ0n) is 7.95. The molecule has 1 rings (SSSR count). The summed E-state index contributed by atoms with van der Waals surface area (Å²) in [6.07, 6.45) is -3.21. The second-order valence-electron chi connectivity index (χ2n) is 2.72. The first-order valence-electron chi connectivity index (χ1n) is 3.82. The van der Waals surface area contributed by atoms with Crippen LogP contribution in [0.5, 0.6) is 5.88 Å². The van der Waals surface area contributed by atoms with E-state index in [1.54, 1.807) is 0 Å². The van der Waals surface area contributed by atoms with E-state index in [2.05, 4.69) is 14.9 Å². The lowest BCUT2D eigenvalue weighted by Crippen LogP contribution is -2.18. The maximum absolute atomic E-state index is 13.2. The van der Waals surface area contributed by atoms with Crippen molar-refractivity contribution in [3.05, 3.63) is 17.6 Å². The fourth-order valence-electron chi connectivity index (χ4n) is 1.05. The van der Waals surface area contributed by atoms with E-state index in [9.17, 15) is 21.6 Å². The highest BCUT2D eigenvalue weighted by atomic mass is 32.2. The van der Waals surface area contributed by atoms with Crippen LogP contribution in [0.15, 0.2) is 11.0 Å². The number of ether oxygens (including phenoxy) is 1. The third-order valence-electron chi connectivity index (χ3n) is 1.67. The van der Waals surface area contributed by atoms with E-state index in [1.807, 2.05) is 0 Å². The molecule has 0 unspecified atom stereocenters. The highest BCUT2D eigenvalue weighted by molar-refractivity contribution is 7.89. The van der Waals surface area contributed by atoms with Gasteiger partial charge in [0.1, 0.15) is 4.90 Å². The van der Waals surface area contributed by atoms with Gasteiger partial charge in [-0.15, -0.1) is 0 Å². The second kappa shape index (κ2) is 4.26. The van der Waals surface area contributed by atoms with Crippen LogP contribution in [0, 0.1) is 5.95 Å². The molecular formula is C7H7F3N2O3S. The number of hydrogen-bond donors (Lipinski definition) is 1. The first kappa shape index (κ1) is 12.7. The van der Waals surface area contributed by atoms with E-state index in [-0.39, 0.29) is 0 Å². The van der Waals surface area contributed by atoms with E-state index in [1.165, 1.54) is 0 Å². The molecule has 0 bridgehead atoms. The summed E-state index contributed by atoms with van der Waals surface area (Å²) in [5, 5.41) is 4.61. The smallest absolute Gasteiger partial charge is 0.265 e. The predicted molar refractivity (Wildman–Crippen MR) is 47.1 cm³/mol. The molecule has 0 saturated heterocycles. The topological polar surface area (TPSA) is 82.3 Å². The summed E-state index contributed by atoms with van der Waals surface area (Å²) in [5.74, 6) is -2.07. The molecule has 0 aliphatic heterocycles. The minimum atomic E-state index is -4.61. The molecule has 0 aliphatic carbocycles. The summed E-state index contributed by atoms with van der Waals surface area (Å²) in [7, 11) is -3.53. The lowest BCUT2D eigenvalue weighted by Gasteiger charge is -2.09. The zero-order valence-corrected chi connectivity index (χ0v) is 8.76. The summed E-state index contributed by atoms with van der Waals surface area (Å²) in [5.41, 5.74) is -1.08. The quantitative estimate of drug-likeness (QED) is 0.811. The number of rotatable bonds is 3. The normalized spacial score (nSPS) is 11.9. The molecule has 5 nitrogen and oxygen atoms in total. The maximum atomic E-state index is 13.2. The molecule has 0 saturated carbocycles. The van der Waals surface area contributed by atoms with Crippen molar-refractivity contribution in [2.75, 3.05) is 7.11 Å². The summed E-state index contributed by atoms with van der Waals surface area (Å²) in [6, 6.07) is 0.619. The summed E-state index contributed by atoms with van der Waals surface area (Å²) >= 11 is 0. The number of primary sulfonamides is 1. The Morgan fingerprint density at radius 2 is 2.06 bits per heavy atom. The van der Waals surface area contributed by atoms with Gasteiger partial charge in [0.2, 0.25) is 21.9 Å². The molecule has 0 fully saturated rings. The number of alkyl halides is 2. The van der Waals surface area contributed by atoms with Crippen LogP contribution >= 0.6 is 0 Å². The maximum Gasteiger partial charge on any atom is 0.265 e. The number of nitrogens with two attached hydrogens (primary N) is 1. The first-order chi connectivity index (χ1) is 7.27. The molecule has 1 aromatic rings. The van der Waals surface area contributed by atoms with E-state index in [0.717, 1.165) is 7.11 Å². The Kier molecular flexibility index (Phi) is 3.38. The molecule has 0 radical (unpaired) electrons. The fourth-order valence-corrected chi connectivity index (χ4v) is 1.80. The third kappa shape index (κ3) is 2.42. The average molecular weight is 256 g/mol. The molecule has 1 aromatic heterocycles. The van der Waals surface area contributed by atoms with Crippen LogP contribution in [0.25, 0.3) is 0 Å². The molecule has 0 aromatic carbocycles. The highest BCUT2D eigenvalue weighted by Crippen LogP contribution is 2.29. The number of pyridine rings is 1. The summed E-state index contributed by atoms with van der Waals surface area (Å²) in [6.45, 7) is 0. The Bertz CT molecular complexity index is 504. The van der Waals surface area contributed by atoms with Gasteiger partial charge in [-0.25, -0.2) is 22.3 Å². The molecule has 9 heteroatoms. The summed E-state index contributed by atoms with van der Waals surface area (Å²) < 4.78 is 64.4. The Balaban J connectivity index is 3.59. The van der Waals surface area contributed by atoms with Crippen molar-refractivity contribution in [2.24, 2.45) is 5.14 Å². The molecule has 0 amide bonds. The Morgan fingerprint density at radius 3 is 2.44 bits per heavy atom. The average Bonchev–Trinajstić information content (AvgIpc) is 2.14. The van der Waals surface area contributed by atoms with Crippen molar-refractivity contribution < 1.29 is 26.3 Å². The van der Waals surface area contributed by atoms with E-state index in [0.29, 0.717) is 6.07 Å². The Labute approximate surface area is 89.1 Å². The number of sulfonamides is 1. The number of nitrogens with zero attached hydrogens (tertiary/aromatic N) is 1. The van der Waals surface area contributed by atoms with Crippen molar-refractivity contribution in [2.45, 2.75) is 11.3 Å². The second-order valence-corrected chi connectivity index (χ2v) is 4.22. The zero-order chi connectivity index (χ0) is 12.5. The Hall–Kier alpha value is -1.35. The molecule has 2 N–H and O–H groups in total. The van der Waals surface area contributed by atoms with Gasteiger partial charge < -0.3 is 4.74 Å². The van der Waals surface area contributed by atoms with Gasteiger partial charge in [0.25, 0.3) is 6.43 Å². The van der Waals surface area contributed by atoms with Crippen molar-refractivity contribution in [3.8, 4) is 5.88 Å². The van der Waals surface area contributed by atoms with E-state index >= 15 is 0 Å². The Morgan fingerprint density at radius 1 is 1.50 bits per heavy atom. The molecule has 16 heavy (non-hydrogen) atoms. The predicted octanol–water partition coefficient (Wildman–Crippen LogP) is 0.814. The lowest BCUT2D eigenvalue weighted by atomic mass is 10.3. The number of methoxy groups -OCH3 is 1. The molecule has 0 atom stereocenters. The highest BCUT2D eigenvalue weighted by Gasteiger charge is 2.27. The summed E-state index contributed by atoms with van der Waals surface area (Å²) in [4.78, 5) is 1.70. The lowest BCUT2D eigenvalue weighted by molar-refractivity contribution is 0.146. The third-order valence-corrected chi connectivity index (χ3v) is 2.64. The van der Waals surface area contributed by atoms with Gasteiger partial charge >= 0.3 is 0 Å². The van der Waals surface area contributed by atoms with E-state index in [4.69, 9.17) is 0 Å². The van der Waals surface area contributed by atoms with Crippen LogP contribution in [0.2, 0.25) is 0 Å². The molecular weight excluding hydrogens is 249 g/mol. The van der Waals surface area contributed by atoms with Gasteiger partial charge in [0, 0.05) is 11.6 Å². The van der Waals surface area contributed by atoms with Gasteiger partial charge in [0.15, 0.2) is 0 Å². The monoisotopic (exact) mass is 256 g/mol. The molecule has 0 spiro atoms. The van der Waals surface area contributed by atoms with Gasteiger partial charge in [0.05, 0.1) is 7.11 Å². The largest absolute Gasteiger partial charge is 0.481 e. The van der Waals surface area contributed by atoms with Crippen LogP contribution < -0.4 is 9.88 Å². The van der Waals surface area contributed by atoms with Crippen molar-refractivity contribution >= 4 is 10.0 Å². The molecule has 0 aliphatic rings. The number of aromatic nitrogens is 1. The minimum absolute atomic E-state index is 0.458. The fraction of sp³-hybridized carbons (Fsp3) is 0.286. The van der Waals surface area contributed by atoms with Gasteiger partial charge in [-0.05, 0) is 0 Å². The van der Waals surface area contributed by atoms with Crippen LogP contribution in [0.1, 0.15) is 12.0 Å². The molecule has 90 valence electrons. The van der Waals surface area contributed by atoms with Gasteiger partial charge in [-0.3, -0.25) is 0 Å². The minimum Gasteiger partial charge on any atom is -0.481 e. The van der Waals surface area contributed by atoms with Crippen LogP contribution in [0.3, 0.4) is 0 Å². The standard InChI is InChI=1S/C7H7F3N2O3S/c1-15-4-2-3(6(8)9)5(7(10)12-4)16(11,13)14/h2,6H,1H3,(H2,11,13,14). The van der Waals surface area contributed by atoms with Crippen LogP contribution in [0.4, 0.5) is 13.2 Å². The van der Waals surface area contributed by atoms with Crippen molar-refractivity contribution in [1.82, 2.24) is 4.98 Å². The van der Waals surface area contributed by atoms with Gasteiger partial charge in [-0.1, -0.05) is 0 Å². The molecule has 1 heterocycles. The van der Waals surface area contributed by atoms with Gasteiger partial charge in [-0.2, -0.15) is 9.37 Å². The van der Waals surface area contributed by atoms with Crippen LogP contribution in [-0.4, -0.2) is 20.5 Å².